The second kappa shape index (κ2) is 2.65. The lowest BCUT2D eigenvalue weighted by Crippen LogP contribution is -2.03. The minimum atomic E-state index is 0.688. The number of benzene rings is 1. The highest BCUT2D eigenvalue weighted by molar-refractivity contribution is 6.32. The Labute approximate surface area is 61.4 Å². The minimum Gasteiger partial charge on any atom is -0.495 e. The Bertz CT molecular complexity index is 237. The molecule has 0 saturated carbocycles. The minimum absolute atomic E-state index is 0.688. The summed E-state index contributed by atoms with van der Waals surface area (Å²) in [5.41, 5.74) is 7.42. The van der Waals surface area contributed by atoms with Crippen molar-refractivity contribution in [3.8, 4) is 5.75 Å². The largest absolute Gasteiger partial charge is 0.495 e. The predicted octanol–water partition coefficient (Wildman–Crippen LogP) is -0.464. The van der Waals surface area contributed by atoms with Crippen molar-refractivity contribution in [1.29, 1.82) is 0 Å². The maximum atomic E-state index is 5.57. The van der Waals surface area contributed by atoms with Crippen molar-refractivity contribution < 1.29 is 4.74 Å². The van der Waals surface area contributed by atoms with Gasteiger partial charge in [0.05, 0.1) is 12.8 Å². The Morgan fingerprint density at radius 1 is 1.50 bits per heavy atom. The summed E-state index contributed by atoms with van der Waals surface area (Å²) in [6.07, 6.45) is 0. The molecule has 0 radical (unpaired) electrons. The van der Waals surface area contributed by atoms with Gasteiger partial charge in [-0.15, -0.1) is 0 Å². The summed E-state index contributed by atoms with van der Waals surface area (Å²) in [7, 11) is 3.62. The van der Waals surface area contributed by atoms with Crippen LogP contribution in [0.2, 0.25) is 0 Å². The van der Waals surface area contributed by atoms with Gasteiger partial charge < -0.3 is 10.5 Å². The lowest BCUT2D eigenvalue weighted by Gasteiger charge is -2.03. The Kier molecular flexibility index (Phi) is 1.85. The van der Waals surface area contributed by atoms with Gasteiger partial charge in [-0.1, -0.05) is 11.5 Å². The average Bonchev–Trinajstić information content (AvgIpc) is 1.94. The molecule has 10 heavy (non-hydrogen) atoms. The molecule has 52 valence electrons. The first-order valence-corrected chi connectivity index (χ1v) is 3.14. The van der Waals surface area contributed by atoms with E-state index in [-0.39, 0.29) is 0 Å². The Morgan fingerprint density at radius 2 is 2.20 bits per heavy atom. The van der Waals surface area contributed by atoms with E-state index in [2.05, 4.69) is 0 Å². The van der Waals surface area contributed by atoms with E-state index in [1.165, 1.54) is 0 Å². The van der Waals surface area contributed by atoms with Crippen molar-refractivity contribution in [3.05, 3.63) is 18.2 Å². The first kappa shape index (κ1) is 7.00. The lowest BCUT2D eigenvalue weighted by atomic mass is 9.96. The molecule has 0 spiro atoms. The molecule has 0 aromatic heterocycles. The zero-order valence-corrected chi connectivity index (χ0v) is 6.22. The molecular formula is C7H10BNO. The third-order valence-electron chi connectivity index (χ3n) is 1.39. The molecule has 0 aliphatic heterocycles. The van der Waals surface area contributed by atoms with Crippen LogP contribution in [0, 0.1) is 0 Å². The van der Waals surface area contributed by atoms with Crippen LogP contribution in [-0.4, -0.2) is 15.0 Å². The van der Waals surface area contributed by atoms with Gasteiger partial charge in [-0.25, -0.2) is 0 Å². The molecule has 0 amide bonds. The van der Waals surface area contributed by atoms with Gasteiger partial charge in [-0.3, -0.25) is 0 Å². The summed E-state index contributed by atoms with van der Waals surface area (Å²) in [6.45, 7) is 0. The third kappa shape index (κ3) is 1.24. The van der Waals surface area contributed by atoms with Crippen LogP contribution >= 0.6 is 0 Å². The van der Waals surface area contributed by atoms with E-state index in [4.69, 9.17) is 10.5 Å². The zero-order chi connectivity index (χ0) is 7.56. The van der Waals surface area contributed by atoms with Crippen molar-refractivity contribution in [1.82, 2.24) is 0 Å². The standard InChI is InChI=1S/C7H10BNO/c1-10-7-4-5(8)2-3-6(7)9/h2-4H,8-9H2,1H3. The van der Waals surface area contributed by atoms with E-state index in [0.29, 0.717) is 5.69 Å². The smallest absolute Gasteiger partial charge is 0.141 e. The number of nitrogen functional groups attached to an aromatic ring is 1. The molecular weight excluding hydrogens is 125 g/mol. The lowest BCUT2D eigenvalue weighted by molar-refractivity contribution is 0.417. The first-order chi connectivity index (χ1) is 4.74. The number of ether oxygens (including phenoxy) is 1. The van der Waals surface area contributed by atoms with E-state index in [0.717, 1.165) is 11.2 Å². The van der Waals surface area contributed by atoms with Crippen LogP contribution in [0.5, 0.6) is 5.75 Å². The fourth-order valence-electron chi connectivity index (χ4n) is 0.818. The van der Waals surface area contributed by atoms with Gasteiger partial charge in [0.1, 0.15) is 13.6 Å². The van der Waals surface area contributed by atoms with Gasteiger partial charge in [0.25, 0.3) is 0 Å². The number of methoxy groups -OCH3 is 1. The van der Waals surface area contributed by atoms with Gasteiger partial charge in [0, 0.05) is 0 Å². The van der Waals surface area contributed by atoms with E-state index in [1.54, 1.807) is 7.11 Å². The van der Waals surface area contributed by atoms with Gasteiger partial charge in [0.2, 0.25) is 0 Å². The number of hydrogen-bond acceptors (Lipinski definition) is 2. The van der Waals surface area contributed by atoms with Crippen LogP contribution in [0.25, 0.3) is 0 Å². The topological polar surface area (TPSA) is 35.2 Å². The van der Waals surface area contributed by atoms with Crippen LogP contribution in [0.1, 0.15) is 0 Å². The van der Waals surface area contributed by atoms with E-state index >= 15 is 0 Å². The fourth-order valence-corrected chi connectivity index (χ4v) is 0.818. The highest BCUT2D eigenvalue weighted by Crippen LogP contribution is 2.16. The molecule has 0 atom stereocenters. The second-order valence-corrected chi connectivity index (χ2v) is 2.25. The van der Waals surface area contributed by atoms with Crippen LogP contribution in [-0.2, 0) is 0 Å². The molecule has 0 saturated heterocycles. The molecule has 0 aliphatic carbocycles. The Hall–Kier alpha value is -1.12. The molecule has 1 aromatic rings. The summed E-state index contributed by atoms with van der Waals surface area (Å²) < 4.78 is 5.00. The van der Waals surface area contributed by atoms with Crippen LogP contribution in [0.15, 0.2) is 18.2 Å². The maximum Gasteiger partial charge on any atom is 0.141 e. The van der Waals surface area contributed by atoms with Gasteiger partial charge in [0.15, 0.2) is 0 Å². The highest BCUT2D eigenvalue weighted by atomic mass is 16.5. The van der Waals surface area contributed by atoms with Crippen molar-refractivity contribution in [2.45, 2.75) is 0 Å². The third-order valence-corrected chi connectivity index (χ3v) is 1.39. The van der Waals surface area contributed by atoms with Crippen LogP contribution in [0.4, 0.5) is 5.69 Å². The van der Waals surface area contributed by atoms with Crippen LogP contribution < -0.4 is 15.9 Å². The number of anilines is 1. The van der Waals surface area contributed by atoms with E-state index in [9.17, 15) is 0 Å². The molecule has 2 nitrogen and oxygen atoms in total. The zero-order valence-electron chi connectivity index (χ0n) is 6.22. The Balaban J connectivity index is 3.09. The fraction of sp³-hybridized carbons (Fsp3) is 0.143. The SMILES string of the molecule is Bc1ccc(N)c(OC)c1. The number of rotatable bonds is 1. The first-order valence-electron chi connectivity index (χ1n) is 3.14. The average molecular weight is 135 g/mol. The molecule has 0 fully saturated rings. The number of nitrogens with two attached hydrogens (primary N) is 1. The summed E-state index contributed by atoms with van der Waals surface area (Å²) in [5.74, 6) is 0.750. The van der Waals surface area contributed by atoms with Crippen molar-refractivity contribution in [3.63, 3.8) is 0 Å². The molecule has 3 heteroatoms. The van der Waals surface area contributed by atoms with Gasteiger partial charge >= 0.3 is 0 Å². The normalized spacial score (nSPS) is 9.30. The van der Waals surface area contributed by atoms with E-state index in [1.807, 2.05) is 26.0 Å². The van der Waals surface area contributed by atoms with Gasteiger partial charge in [-0.2, -0.15) is 0 Å². The summed E-state index contributed by atoms with van der Waals surface area (Å²) >= 11 is 0. The molecule has 0 bridgehead atoms. The summed E-state index contributed by atoms with van der Waals surface area (Å²) in [4.78, 5) is 0. The Morgan fingerprint density at radius 3 is 2.70 bits per heavy atom. The molecule has 0 heterocycles. The molecule has 2 N–H and O–H groups in total. The molecule has 0 unspecified atom stereocenters. The van der Waals surface area contributed by atoms with Crippen molar-refractivity contribution in [2.24, 2.45) is 0 Å². The second-order valence-electron chi connectivity index (χ2n) is 2.25. The molecule has 0 aliphatic rings. The molecule has 1 aromatic carbocycles. The summed E-state index contributed by atoms with van der Waals surface area (Å²) in [6, 6.07) is 5.71. The van der Waals surface area contributed by atoms with E-state index < -0.39 is 0 Å². The maximum absolute atomic E-state index is 5.57. The van der Waals surface area contributed by atoms with Gasteiger partial charge in [-0.05, 0) is 12.1 Å². The monoisotopic (exact) mass is 135 g/mol. The molecule has 1 rings (SSSR count). The van der Waals surface area contributed by atoms with Crippen LogP contribution in [0.3, 0.4) is 0 Å². The predicted molar refractivity (Wildman–Crippen MR) is 45.6 cm³/mol. The highest BCUT2D eigenvalue weighted by Gasteiger charge is 1.95. The number of hydrogen-bond donors (Lipinski definition) is 1. The quantitative estimate of drug-likeness (QED) is 0.417. The van der Waals surface area contributed by atoms with Crippen molar-refractivity contribution >= 4 is 19.0 Å². The van der Waals surface area contributed by atoms with Crippen molar-refractivity contribution in [2.75, 3.05) is 12.8 Å². The summed E-state index contributed by atoms with van der Waals surface area (Å²) in [5, 5.41) is 0.